The normalized spacial score (nSPS) is 16.0. The molecule has 0 saturated carbocycles. The van der Waals surface area contributed by atoms with Gasteiger partial charge in [-0.05, 0) is 42.5 Å². The molecule has 2 aromatic carbocycles. The predicted octanol–water partition coefficient (Wildman–Crippen LogP) is 5.78. The summed E-state index contributed by atoms with van der Waals surface area (Å²) in [4.78, 5) is 4.59. The van der Waals surface area contributed by atoms with E-state index in [1.165, 1.54) is 18.2 Å². The van der Waals surface area contributed by atoms with Gasteiger partial charge in [0.25, 0.3) is 0 Å². The van der Waals surface area contributed by atoms with Gasteiger partial charge in [-0.15, -0.1) is 10.2 Å². The van der Waals surface area contributed by atoms with Crippen LogP contribution >= 0.6 is 0 Å². The number of aromatic nitrogens is 2. The van der Waals surface area contributed by atoms with Crippen molar-refractivity contribution in [2.45, 2.75) is 32.7 Å². The molecule has 0 fully saturated rings. The van der Waals surface area contributed by atoms with Crippen LogP contribution in [0.3, 0.4) is 0 Å². The molecule has 3 aromatic rings. The largest absolute Gasteiger partial charge is 0.476 e. The van der Waals surface area contributed by atoms with Crippen molar-refractivity contribution >= 4 is 5.71 Å². The number of hydrogen-bond donors (Lipinski definition) is 0. The number of ether oxygens (including phenoxy) is 1. The lowest BCUT2D eigenvalue weighted by molar-refractivity contribution is 0.258. The second-order valence-corrected chi connectivity index (χ2v) is 7.81. The van der Waals surface area contributed by atoms with Gasteiger partial charge >= 0.3 is 0 Å². The Balaban J connectivity index is 1.48. The Morgan fingerprint density at radius 3 is 2.33 bits per heavy atom. The van der Waals surface area contributed by atoms with Crippen LogP contribution in [0, 0.1) is 17.6 Å². The molecule has 0 saturated heterocycles. The summed E-state index contributed by atoms with van der Waals surface area (Å²) in [5.74, 6) is -0.196. The quantitative estimate of drug-likeness (QED) is 0.520. The zero-order valence-electron chi connectivity index (χ0n) is 17.0. The molecule has 0 bridgehead atoms. The van der Waals surface area contributed by atoms with Crippen molar-refractivity contribution < 1.29 is 13.5 Å². The van der Waals surface area contributed by atoms with Crippen LogP contribution in [-0.4, -0.2) is 22.5 Å². The van der Waals surface area contributed by atoms with E-state index in [9.17, 15) is 8.78 Å². The molecule has 2 heterocycles. The first-order valence-corrected chi connectivity index (χ1v) is 10.1. The van der Waals surface area contributed by atoms with Crippen molar-refractivity contribution in [3.05, 3.63) is 77.4 Å². The lowest BCUT2D eigenvalue weighted by Gasteiger charge is -2.09. The van der Waals surface area contributed by atoms with Crippen LogP contribution in [0.5, 0.6) is 5.88 Å². The third-order valence-corrected chi connectivity index (χ3v) is 5.01. The van der Waals surface area contributed by atoms with Crippen LogP contribution < -0.4 is 4.74 Å². The number of nitrogens with zero attached hydrogens (tertiary/aromatic N) is 3. The first kappa shape index (κ1) is 20.1. The monoisotopic (exact) mass is 407 g/mol. The molecular formula is C24H23F2N3O. The average molecular weight is 407 g/mol. The van der Waals surface area contributed by atoms with Crippen LogP contribution in [0.25, 0.3) is 11.3 Å². The Hall–Kier alpha value is -3.15. The highest BCUT2D eigenvalue weighted by molar-refractivity contribution is 6.02. The Labute approximate surface area is 174 Å². The minimum Gasteiger partial charge on any atom is -0.476 e. The van der Waals surface area contributed by atoms with Gasteiger partial charge < -0.3 is 4.74 Å². The maximum Gasteiger partial charge on any atom is 0.233 e. The molecule has 1 unspecified atom stereocenters. The number of halogens is 2. The molecule has 1 atom stereocenters. The van der Waals surface area contributed by atoms with Gasteiger partial charge in [-0.2, -0.15) is 0 Å². The van der Waals surface area contributed by atoms with Gasteiger partial charge in [-0.1, -0.05) is 44.2 Å². The standard InChI is InChI=1S/C24H23F2N3O/c1-15(2)14-30-23-13-12-21(28-29-23)17-8-6-16(7-9-17)20-10-11-22(27-20)24-18(25)4-3-5-19(24)26/h3-9,12-13,15,20H,10-11,14H2,1-2H3. The maximum atomic E-state index is 14.0. The number of rotatable bonds is 6. The van der Waals surface area contributed by atoms with Gasteiger partial charge in [0.15, 0.2) is 0 Å². The van der Waals surface area contributed by atoms with Gasteiger partial charge in [0.05, 0.1) is 23.9 Å². The average Bonchev–Trinajstić information content (AvgIpc) is 3.22. The summed E-state index contributed by atoms with van der Waals surface area (Å²) in [7, 11) is 0. The molecule has 0 aliphatic carbocycles. The Bertz CT molecular complexity index is 1030. The second kappa shape index (κ2) is 8.69. The molecular weight excluding hydrogens is 384 g/mol. The summed E-state index contributed by atoms with van der Waals surface area (Å²) in [5.41, 5.74) is 3.18. The van der Waals surface area contributed by atoms with E-state index in [0.717, 1.165) is 23.2 Å². The minimum atomic E-state index is -0.566. The summed E-state index contributed by atoms with van der Waals surface area (Å²) in [6.07, 6.45) is 1.28. The van der Waals surface area contributed by atoms with Crippen LogP contribution in [0.4, 0.5) is 8.78 Å². The number of hydrogen-bond acceptors (Lipinski definition) is 4. The smallest absolute Gasteiger partial charge is 0.233 e. The summed E-state index contributed by atoms with van der Waals surface area (Å²) < 4.78 is 33.7. The highest BCUT2D eigenvalue weighted by Crippen LogP contribution is 2.33. The van der Waals surface area contributed by atoms with Gasteiger partial charge in [0.2, 0.25) is 5.88 Å². The van der Waals surface area contributed by atoms with Crippen molar-refractivity contribution in [1.82, 2.24) is 10.2 Å². The lowest BCUT2D eigenvalue weighted by atomic mass is 10.0. The Morgan fingerprint density at radius 2 is 1.70 bits per heavy atom. The first-order chi connectivity index (χ1) is 14.5. The molecule has 6 heteroatoms. The molecule has 1 aliphatic heterocycles. The van der Waals surface area contributed by atoms with Gasteiger partial charge in [0.1, 0.15) is 11.6 Å². The van der Waals surface area contributed by atoms with Crippen LogP contribution in [0.1, 0.15) is 43.9 Å². The Morgan fingerprint density at radius 1 is 0.967 bits per heavy atom. The molecule has 0 amide bonds. The van der Waals surface area contributed by atoms with Crippen molar-refractivity contribution in [2.75, 3.05) is 6.61 Å². The summed E-state index contributed by atoms with van der Waals surface area (Å²) in [6, 6.07) is 15.4. The number of aliphatic imine (C=N–C) groups is 1. The van der Waals surface area contributed by atoms with Gasteiger partial charge in [-0.3, -0.25) is 4.99 Å². The first-order valence-electron chi connectivity index (χ1n) is 10.1. The van der Waals surface area contributed by atoms with Crippen molar-refractivity contribution in [3.8, 4) is 17.1 Å². The van der Waals surface area contributed by atoms with E-state index in [2.05, 4.69) is 29.0 Å². The fourth-order valence-corrected chi connectivity index (χ4v) is 3.47. The second-order valence-electron chi connectivity index (χ2n) is 7.81. The van der Waals surface area contributed by atoms with E-state index in [1.807, 2.05) is 36.4 Å². The van der Waals surface area contributed by atoms with E-state index in [0.29, 0.717) is 30.5 Å². The van der Waals surface area contributed by atoms with Crippen LogP contribution in [0.2, 0.25) is 0 Å². The molecule has 1 aliphatic rings. The minimum absolute atomic E-state index is 0.00771. The fraction of sp³-hybridized carbons (Fsp3) is 0.292. The fourth-order valence-electron chi connectivity index (χ4n) is 3.47. The van der Waals surface area contributed by atoms with Crippen molar-refractivity contribution in [1.29, 1.82) is 0 Å². The number of benzene rings is 2. The molecule has 4 nitrogen and oxygen atoms in total. The van der Waals surface area contributed by atoms with Crippen molar-refractivity contribution in [3.63, 3.8) is 0 Å². The summed E-state index contributed by atoms with van der Waals surface area (Å²) >= 11 is 0. The maximum absolute atomic E-state index is 14.0. The highest BCUT2D eigenvalue weighted by Gasteiger charge is 2.24. The molecule has 0 spiro atoms. The lowest BCUT2D eigenvalue weighted by Crippen LogP contribution is -2.06. The topological polar surface area (TPSA) is 47.4 Å². The van der Waals surface area contributed by atoms with E-state index in [-0.39, 0.29) is 11.6 Å². The highest BCUT2D eigenvalue weighted by atomic mass is 19.1. The molecule has 0 N–H and O–H groups in total. The van der Waals surface area contributed by atoms with E-state index < -0.39 is 11.6 Å². The molecule has 1 aromatic heterocycles. The Kier molecular flexibility index (Phi) is 5.84. The molecule has 154 valence electrons. The third-order valence-electron chi connectivity index (χ3n) is 5.01. The zero-order chi connectivity index (χ0) is 21.1. The summed E-state index contributed by atoms with van der Waals surface area (Å²) in [5, 5.41) is 8.36. The van der Waals surface area contributed by atoms with E-state index >= 15 is 0 Å². The van der Waals surface area contributed by atoms with Crippen LogP contribution in [-0.2, 0) is 0 Å². The van der Waals surface area contributed by atoms with Gasteiger partial charge in [0, 0.05) is 17.3 Å². The SMILES string of the molecule is CC(C)COc1ccc(-c2ccc(C3CCC(c4c(F)cccc4F)=N3)cc2)nn1. The van der Waals surface area contributed by atoms with Crippen molar-refractivity contribution in [2.24, 2.45) is 10.9 Å². The summed E-state index contributed by atoms with van der Waals surface area (Å²) in [6.45, 7) is 4.75. The van der Waals surface area contributed by atoms with E-state index in [1.54, 1.807) is 0 Å². The van der Waals surface area contributed by atoms with E-state index in [4.69, 9.17) is 4.74 Å². The molecule has 0 radical (unpaired) electrons. The van der Waals surface area contributed by atoms with Gasteiger partial charge in [-0.25, -0.2) is 8.78 Å². The molecule has 4 rings (SSSR count). The third kappa shape index (κ3) is 4.37. The molecule has 30 heavy (non-hydrogen) atoms. The zero-order valence-corrected chi connectivity index (χ0v) is 17.0. The van der Waals surface area contributed by atoms with Crippen LogP contribution in [0.15, 0.2) is 59.6 Å². The predicted molar refractivity (Wildman–Crippen MR) is 113 cm³/mol.